The molecule has 2 heterocycles. The molecular weight excluding hydrogens is 400 g/mol. The Hall–Kier alpha value is -1.37. The van der Waals surface area contributed by atoms with Crippen LogP contribution in [0.25, 0.3) is 11.1 Å². The minimum absolute atomic E-state index is 0. The van der Waals surface area contributed by atoms with Gasteiger partial charge < -0.3 is 9.73 Å². The zero-order chi connectivity index (χ0) is 16.5. The van der Waals surface area contributed by atoms with Gasteiger partial charge >= 0.3 is 0 Å². The van der Waals surface area contributed by atoms with Crippen LogP contribution in [0.5, 0.6) is 0 Å². The lowest BCUT2D eigenvalue weighted by molar-refractivity contribution is 0.141. The van der Waals surface area contributed by atoms with Gasteiger partial charge in [-0.3, -0.25) is 4.90 Å². The lowest BCUT2D eigenvalue weighted by atomic mass is 10.0. The molecule has 1 aliphatic rings. The fraction of sp³-hybridized carbons (Fsp3) is 0.278. The molecule has 0 aliphatic carbocycles. The van der Waals surface area contributed by atoms with Crippen molar-refractivity contribution < 1.29 is 8.81 Å². The number of oxazole rings is 1. The third-order valence-electron chi connectivity index (χ3n) is 4.35. The van der Waals surface area contributed by atoms with E-state index in [-0.39, 0.29) is 36.7 Å². The number of hydrogen-bond acceptors (Lipinski definition) is 4. The van der Waals surface area contributed by atoms with Crippen molar-refractivity contribution in [3.63, 3.8) is 0 Å². The Morgan fingerprint density at radius 2 is 2.04 bits per heavy atom. The quantitative estimate of drug-likeness (QED) is 0.674. The van der Waals surface area contributed by atoms with Crippen molar-refractivity contribution in [2.45, 2.75) is 12.6 Å². The molecule has 140 valence electrons. The summed E-state index contributed by atoms with van der Waals surface area (Å²) in [4.78, 5) is 6.76. The smallest absolute Gasteiger partial charge is 0.209 e. The first-order chi connectivity index (χ1) is 11.7. The Kier molecular flexibility index (Phi) is 7.26. The van der Waals surface area contributed by atoms with Crippen LogP contribution in [0.1, 0.15) is 17.5 Å². The topological polar surface area (TPSA) is 41.3 Å². The molecular formula is C18H19Cl3FN3O. The van der Waals surface area contributed by atoms with Gasteiger partial charge in [-0.1, -0.05) is 29.8 Å². The van der Waals surface area contributed by atoms with Gasteiger partial charge in [-0.2, -0.15) is 0 Å². The second-order valence-electron chi connectivity index (χ2n) is 5.93. The molecule has 0 saturated carbocycles. The van der Waals surface area contributed by atoms with Gasteiger partial charge in [0, 0.05) is 36.8 Å². The van der Waals surface area contributed by atoms with E-state index >= 15 is 0 Å². The lowest BCUT2D eigenvalue weighted by Crippen LogP contribution is -2.45. The number of benzene rings is 2. The van der Waals surface area contributed by atoms with E-state index in [4.69, 9.17) is 16.0 Å². The molecule has 4 nitrogen and oxygen atoms in total. The normalized spacial score (nSPS) is 17.5. The van der Waals surface area contributed by atoms with Gasteiger partial charge in [-0.05, 0) is 23.8 Å². The van der Waals surface area contributed by atoms with Crippen molar-refractivity contribution in [3.05, 3.63) is 64.8 Å². The van der Waals surface area contributed by atoms with E-state index < -0.39 is 0 Å². The minimum Gasteiger partial charge on any atom is -0.439 e. The maximum atomic E-state index is 13.3. The summed E-state index contributed by atoms with van der Waals surface area (Å²) in [6.45, 7) is 3.14. The van der Waals surface area contributed by atoms with Crippen molar-refractivity contribution >= 4 is 47.5 Å². The molecule has 2 aromatic carbocycles. The number of aromatic nitrogens is 1. The predicted octanol–water partition coefficient (Wildman–Crippen LogP) is 4.61. The van der Waals surface area contributed by atoms with Gasteiger partial charge in [0.15, 0.2) is 5.58 Å². The third kappa shape index (κ3) is 4.30. The molecule has 1 saturated heterocycles. The standard InChI is InChI=1S/C18H17ClFN3O.2ClH/c19-14-4-2-1-3-13(14)16-10-21-7-8-23(16)11-18-22-15-6-5-12(20)9-17(15)24-18;;/h1-6,9,16,21H,7-8,10-11H2;2*1H. The van der Waals surface area contributed by atoms with Crippen LogP contribution in [-0.2, 0) is 6.54 Å². The van der Waals surface area contributed by atoms with Gasteiger partial charge in [0.05, 0.1) is 6.54 Å². The molecule has 3 aromatic rings. The summed E-state index contributed by atoms with van der Waals surface area (Å²) in [5.74, 6) is 0.274. The molecule has 1 atom stereocenters. The molecule has 0 spiro atoms. The number of halogens is 4. The van der Waals surface area contributed by atoms with Gasteiger partial charge in [0.25, 0.3) is 0 Å². The van der Waals surface area contributed by atoms with Crippen LogP contribution in [0.15, 0.2) is 46.9 Å². The number of nitrogens with one attached hydrogen (secondary N) is 1. The number of fused-ring (bicyclic) bond motifs is 1. The van der Waals surface area contributed by atoms with Crippen LogP contribution < -0.4 is 5.32 Å². The maximum Gasteiger partial charge on any atom is 0.209 e. The summed E-state index contributed by atoms with van der Waals surface area (Å²) in [6, 6.07) is 12.4. The highest BCUT2D eigenvalue weighted by molar-refractivity contribution is 6.31. The average Bonchev–Trinajstić information content (AvgIpc) is 2.97. The van der Waals surface area contributed by atoms with Crippen LogP contribution in [0, 0.1) is 5.82 Å². The van der Waals surface area contributed by atoms with Crippen molar-refractivity contribution in [1.82, 2.24) is 15.2 Å². The lowest BCUT2D eigenvalue weighted by Gasteiger charge is -2.36. The molecule has 8 heteroatoms. The zero-order valence-electron chi connectivity index (χ0n) is 13.8. The first kappa shape index (κ1) is 20.9. The predicted molar refractivity (Wildman–Crippen MR) is 106 cm³/mol. The van der Waals surface area contributed by atoms with E-state index in [9.17, 15) is 4.39 Å². The highest BCUT2D eigenvalue weighted by Gasteiger charge is 2.26. The molecule has 4 rings (SSSR count). The van der Waals surface area contributed by atoms with E-state index in [1.54, 1.807) is 6.07 Å². The third-order valence-corrected chi connectivity index (χ3v) is 4.70. The number of nitrogens with zero attached hydrogens (tertiary/aromatic N) is 2. The van der Waals surface area contributed by atoms with Gasteiger partial charge in [-0.25, -0.2) is 9.37 Å². The number of rotatable bonds is 3. The molecule has 1 fully saturated rings. The highest BCUT2D eigenvalue weighted by atomic mass is 35.5. The Morgan fingerprint density at radius 3 is 2.85 bits per heavy atom. The molecule has 26 heavy (non-hydrogen) atoms. The van der Waals surface area contributed by atoms with Crippen molar-refractivity contribution in [3.8, 4) is 0 Å². The monoisotopic (exact) mass is 417 g/mol. The summed E-state index contributed by atoms with van der Waals surface area (Å²) >= 11 is 6.37. The zero-order valence-corrected chi connectivity index (χ0v) is 16.2. The average molecular weight is 419 g/mol. The molecule has 1 N–H and O–H groups in total. The summed E-state index contributed by atoms with van der Waals surface area (Å²) in [5.41, 5.74) is 2.25. The second-order valence-corrected chi connectivity index (χ2v) is 6.34. The first-order valence-corrected chi connectivity index (χ1v) is 8.33. The summed E-state index contributed by atoms with van der Waals surface area (Å²) in [6.07, 6.45) is 0. The van der Waals surface area contributed by atoms with Crippen LogP contribution in [0.2, 0.25) is 5.02 Å². The van der Waals surface area contributed by atoms with Gasteiger partial charge in [0.1, 0.15) is 11.3 Å². The van der Waals surface area contributed by atoms with E-state index in [2.05, 4.69) is 21.3 Å². The molecule has 1 aromatic heterocycles. The molecule has 0 radical (unpaired) electrons. The van der Waals surface area contributed by atoms with E-state index in [0.29, 0.717) is 23.5 Å². The first-order valence-electron chi connectivity index (χ1n) is 7.95. The van der Waals surface area contributed by atoms with Gasteiger partial charge in [0.2, 0.25) is 5.89 Å². The van der Waals surface area contributed by atoms with Crippen LogP contribution >= 0.6 is 36.4 Å². The van der Waals surface area contributed by atoms with E-state index in [1.165, 1.54) is 12.1 Å². The Balaban J connectivity index is 0.00000121. The molecule has 0 bridgehead atoms. The summed E-state index contributed by atoms with van der Waals surface area (Å²) in [7, 11) is 0. The van der Waals surface area contributed by atoms with Crippen molar-refractivity contribution in [2.75, 3.05) is 19.6 Å². The number of piperazine rings is 1. The number of hydrogen-bond donors (Lipinski definition) is 1. The molecule has 1 unspecified atom stereocenters. The van der Waals surface area contributed by atoms with Gasteiger partial charge in [-0.15, -0.1) is 24.8 Å². The van der Waals surface area contributed by atoms with Crippen LogP contribution in [0.3, 0.4) is 0 Å². The van der Waals surface area contributed by atoms with Crippen LogP contribution in [0.4, 0.5) is 4.39 Å². The fourth-order valence-electron chi connectivity index (χ4n) is 3.18. The molecule has 1 aliphatic heterocycles. The largest absolute Gasteiger partial charge is 0.439 e. The SMILES string of the molecule is Cl.Cl.Fc1ccc2nc(CN3CCNCC3c3ccccc3Cl)oc2c1. The van der Waals surface area contributed by atoms with Crippen molar-refractivity contribution in [2.24, 2.45) is 0 Å². The van der Waals surface area contributed by atoms with Crippen LogP contribution in [-0.4, -0.2) is 29.5 Å². The summed E-state index contributed by atoms with van der Waals surface area (Å²) < 4.78 is 19.0. The molecule has 0 amide bonds. The maximum absolute atomic E-state index is 13.3. The van der Waals surface area contributed by atoms with E-state index in [0.717, 1.165) is 30.2 Å². The summed E-state index contributed by atoms with van der Waals surface area (Å²) in [5, 5.41) is 4.17. The van der Waals surface area contributed by atoms with E-state index in [1.807, 2.05) is 18.2 Å². The second kappa shape index (κ2) is 9.02. The minimum atomic E-state index is -0.318. The highest BCUT2D eigenvalue weighted by Crippen LogP contribution is 2.30. The Bertz CT molecular complexity index is 874. The Morgan fingerprint density at radius 1 is 1.23 bits per heavy atom. The Labute approximate surface area is 168 Å². The fourth-order valence-corrected chi connectivity index (χ4v) is 3.44. The van der Waals surface area contributed by atoms with Crippen molar-refractivity contribution in [1.29, 1.82) is 0 Å².